The van der Waals surface area contributed by atoms with Crippen molar-refractivity contribution in [2.24, 2.45) is 7.05 Å². The molecule has 1 aliphatic rings. The van der Waals surface area contributed by atoms with Gasteiger partial charge in [0, 0.05) is 37.1 Å². The second kappa shape index (κ2) is 6.65. The lowest BCUT2D eigenvalue weighted by Gasteiger charge is -2.35. The average Bonchev–Trinajstić information content (AvgIpc) is 3.04. The number of carbonyl (C=O) groups is 1. The Morgan fingerprint density at radius 3 is 2.52 bits per heavy atom. The van der Waals surface area contributed by atoms with Crippen LogP contribution in [0.4, 0.5) is 0 Å². The maximum atomic E-state index is 13.1. The molecule has 3 heterocycles. The molecule has 0 radical (unpaired) electrons. The Balaban J connectivity index is 1.79. The summed E-state index contributed by atoms with van der Waals surface area (Å²) in [6.45, 7) is 11.7. The lowest BCUT2D eigenvalue weighted by molar-refractivity contribution is -0.134. The molecule has 0 spiro atoms. The topological polar surface area (TPSA) is 56.0 Å². The lowest BCUT2D eigenvalue weighted by atomic mass is 9.96. The third-order valence-corrected chi connectivity index (χ3v) is 5.47. The number of aryl methyl sites for hydroxylation is 4. The van der Waals surface area contributed by atoms with Gasteiger partial charge in [-0.15, -0.1) is 0 Å². The second-order valence-corrected chi connectivity index (χ2v) is 7.38. The quantitative estimate of drug-likeness (QED) is 0.861. The molecule has 2 atom stereocenters. The van der Waals surface area contributed by atoms with Gasteiger partial charge in [-0.25, -0.2) is 0 Å². The van der Waals surface area contributed by atoms with E-state index in [1.807, 2.05) is 44.3 Å². The fourth-order valence-electron chi connectivity index (χ4n) is 4.18. The molecule has 0 saturated carbocycles. The fourth-order valence-corrected chi connectivity index (χ4v) is 4.18. The summed E-state index contributed by atoms with van der Waals surface area (Å²) in [5, 5.41) is 9.10. The van der Waals surface area contributed by atoms with Gasteiger partial charge in [0.15, 0.2) is 0 Å². The Morgan fingerprint density at radius 2 is 1.96 bits per heavy atom. The van der Waals surface area contributed by atoms with Gasteiger partial charge in [0.2, 0.25) is 5.91 Å². The molecule has 3 rings (SSSR count). The van der Waals surface area contributed by atoms with Gasteiger partial charge in [0.1, 0.15) is 0 Å². The number of piperidine rings is 1. The van der Waals surface area contributed by atoms with E-state index in [1.54, 1.807) is 0 Å². The zero-order valence-corrected chi connectivity index (χ0v) is 16.2. The third-order valence-electron chi connectivity index (χ3n) is 5.47. The van der Waals surface area contributed by atoms with Crippen molar-refractivity contribution in [1.82, 2.24) is 24.5 Å². The van der Waals surface area contributed by atoms with E-state index < -0.39 is 0 Å². The summed E-state index contributed by atoms with van der Waals surface area (Å²) in [5.74, 6) is 0.0401. The molecule has 1 fully saturated rings. The van der Waals surface area contributed by atoms with Gasteiger partial charge in [-0.05, 0) is 53.5 Å². The van der Waals surface area contributed by atoms with E-state index in [-0.39, 0.29) is 17.9 Å². The molecule has 136 valence electrons. The Morgan fingerprint density at radius 1 is 1.24 bits per heavy atom. The first-order valence-electron chi connectivity index (χ1n) is 9.11. The molecule has 6 heteroatoms. The Kier molecular flexibility index (Phi) is 4.71. The van der Waals surface area contributed by atoms with Gasteiger partial charge in [-0.1, -0.05) is 0 Å². The van der Waals surface area contributed by atoms with Gasteiger partial charge in [-0.2, -0.15) is 10.2 Å². The van der Waals surface area contributed by atoms with Crippen LogP contribution in [0.1, 0.15) is 60.1 Å². The lowest BCUT2D eigenvalue weighted by Crippen LogP contribution is -2.43. The van der Waals surface area contributed by atoms with Crippen LogP contribution in [0.15, 0.2) is 6.07 Å². The van der Waals surface area contributed by atoms with E-state index in [2.05, 4.69) is 27.9 Å². The van der Waals surface area contributed by atoms with Crippen LogP contribution in [-0.4, -0.2) is 43.5 Å². The molecule has 1 aliphatic heterocycles. The maximum absolute atomic E-state index is 13.1. The van der Waals surface area contributed by atoms with Gasteiger partial charge < -0.3 is 4.90 Å². The minimum Gasteiger partial charge on any atom is -0.340 e. The number of hydrogen-bond acceptors (Lipinski definition) is 3. The minimum absolute atomic E-state index is 0.159. The van der Waals surface area contributed by atoms with Crippen molar-refractivity contribution in [3.63, 3.8) is 0 Å². The van der Waals surface area contributed by atoms with Crippen molar-refractivity contribution in [2.45, 2.75) is 59.4 Å². The van der Waals surface area contributed by atoms with Crippen LogP contribution >= 0.6 is 0 Å². The highest BCUT2D eigenvalue weighted by molar-refractivity contribution is 5.84. The first kappa shape index (κ1) is 17.7. The summed E-state index contributed by atoms with van der Waals surface area (Å²) in [5.41, 5.74) is 5.30. The summed E-state index contributed by atoms with van der Waals surface area (Å²) in [7, 11) is 1.93. The molecule has 1 saturated heterocycles. The largest absolute Gasteiger partial charge is 0.340 e. The number of likely N-dealkylation sites (tertiary alicyclic amines) is 1. The van der Waals surface area contributed by atoms with E-state index in [9.17, 15) is 4.79 Å². The van der Waals surface area contributed by atoms with Gasteiger partial charge in [-0.3, -0.25) is 14.2 Å². The smallest absolute Gasteiger partial charge is 0.230 e. The minimum atomic E-state index is -0.159. The Labute approximate surface area is 149 Å². The van der Waals surface area contributed by atoms with Crippen LogP contribution in [0, 0.1) is 27.7 Å². The monoisotopic (exact) mass is 343 g/mol. The summed E-state index contributed by atoms with van der Waals surface area (Å²) in [4.78, 5) is 15.2. The Hall–Kier alpha value is -2.11. The summed E-state index contributed by atoms with van der Waals surface area (Å²) in [6, 6.07) is 2.38. The highest BCUT2D eigenvalue weighted by Gasteiger charge is 2.31. The molecular formula is C19H29N5O. The third kappa shape index (κ3) is 3.22. The van der Waals surface area contributed by atoms with Crippen LogP contribution in [-0.2, 0) is 11.8 Å². The first-order valence-corrected chi connectivity index (χ1v) is 9.11. The van der Waals surface area contributed by atoms with Gasteiger partial charge in [0.25, 0.3) is 0 Å². The van der Waals surface area contributed by atoms with Crippen LogP contribution < -0.4 is 0 Å². The van der Waals surface area contributed by atoms with Crippen molar-refractivity contribution < 1.29 is 4.79 Å². The normalized spacial score (nSPS) is 19.3. The molecule has 2 aromatic rings. The number of carbonyl (C=O) groups excluding carboxylic acids is 1. The number of rotatable bonds is 3. The summed E-state index contributed by atoms with van der Waals surface area (Å²) in [6.07, 6.45) is 2.09. The van der Waals surface area contributed by atoms with Crippen LogP contribution in [0.2, 0.25) is 0 Å². The predicted octanol–water partition coefficient (Wildman–Crippen LogP) is 2.82. The van der Waals surface area contributed by atoms with Crippen molar-refractivity contribution >= 4 is 5.91 Å². The molecule has 25 heavy (non-hydrogen) atoms. The molecule has 2 aromatic heterocycles. The van der Waals surface area contributed by atoms with E-state index in [0.717, 1.165) is 48.6 Å². The average molecular weight is 343 g/mol. The standard InChI is InChI=1S/C19H29N5O/c1-12-10-13(2)24(20-12)17-8-7-9-23(11-17)19(25)14(3)18-15(4)21-22(6)16(18)5/h10,14,17H,7-9,11H2,1-6H3/t14-,17-/m1/s1. The van der Waals surface area contributed by atoms with Gasteiger partial charge in [0.05, 0.1) is 23.3 Å². The molecule has 0 bridgehead atoms. The zero-order valence-electron chi connectivity index (χ0n) is 16.2. The second-order valence-electron chi connectivity index (χ2n) is 7.38. The van der Waals surface area contributed by atoms with E-state index >= 15 is 0 Å². The van der Waals surface area contributed by atoms with Crippen molar-refractivity contribution in [3.05, 3.63) is 34.4 Å². The highest BCUT2D eigenvalue weighted by Crippen LogP contribution is 2.28. The molecule has 1 amide bonds. The molecular weight excluding hydrogens is 314 g/mol. The van der Waals surface area contributed by atoms with Crippen molar-refractivity contribution in [1.29, 1.82) is 0 Å². The van der Waals surface area contributed by atoms with E-state index in [1.165, 1.54) is 5.69 Å². The van der Waals surface area contributed by atoms with E-state index in [0.29, 0.717) is 0 Å². The van der Waals surface area contributed by atoms with E-state index in [4.69, 9.17) is 0 Å². The molecule has 0 N–H and O–H groups in total. The predicted molar refractivity (Wildman–Crippen MR) is 97.6 cm³/mol. The van der Waals surface area contributed by atoms with Crippen LogP contribution in [0.5, 0.6) is 0 Å². The van der Waals surface area contributed by atoms with Gasteiger partial charge >= 0.3 is 0 Å². The summed E-state index contributed by atoms with van der Waals surface area (Å²) >= 11 is 0. The summed E-state index contributed by atoms with van der Waals surface area (Å²) < 4.78 is 3.96. The van der Waals surface area contributed by atoms with Crippen LogP contribution in [0.25, 0.3) is 0 Å². The van der Waals surface area contributed by atoms with Crippen LogP contribution in [0.3, 0.4) is 0 Å². The number of hydrogen-bond donors (Lipinski definition) is 0. The molecule has 0 unspecified atom stereocenters. The molecule has 0 aromatic carbocycles. The van der Waals surface area contributed by atoms with Crippen molar-refractivity contribution in [2.75, 3.05) is 13.1 Å². The molecule has 6 nitrogen and oxygen atoms in total. The SMILES string of the molecule is Cc1cc(C)n([C@@H]2CCCN(C(=O)[C@H](C)c3c(C)nn(C)c3C)C2)n1. The number of amides is 1. The number of nitrogens with zero attached hydrogens (tertiary/aromatic N) is 5. The Bertz CT molecular complexity index is 788. The zero-order chi connectivity index (χ0) is 18.3. The van der Waals surface area contributed by atoms with Crippen molar-refractivity contribution in [3.8, 4) is 0 Å². The first-order chi connectivity index (χ1) is 11.8. The number of aromatic nitrogens is 4. The maximum Gasteiger partial charge on any atom is 0.230 e. The highest BCUT2D eigenvalue weighted by atomic mass is 16.2. The molecule has 0 aliphatic carbocycles. The fraction of sp³-hybridized carbons (Fsp3) is 0.632.